The first-order chi connectivity index (χ1) is 12.0. The number of halogens is 1. The van der Waals surface area contributed by atoms with Gasteiger partial charge < -0.3 is 5.11 Å². The fourth-order valence-electron chi connectivity index (χ4n) is 2.75. The van der Waals surface area contributed by atoms with Gasteiger partial charge in [0.1, 0.15) is 18.5 Å². The van der Waals surface area contributed by atoms with Crippen LogP contribution >= 0.6 is 0 Å². The summed E-state index contributed by atoms with van der Waals surface area (Å²) in [6, 6.07) is 14.2. The average Bonchev–Trinajstić information content (AvgIpc) is 3.16. The van der Waals surface area contributed by atoms with Crippen molar-refractivity contribution >= 4 is 0 Å². The van der Waals surface area contributed by atoms with Gasteiger partial charge in [0.25, 0.3) is 0 Å². The smallest absolute Gasteiger partial charge is 0.138 e. The Morgan fingerprint density at radius 1 is 1.16 bits per heavy atom. The van der Waals surface area contributed by atoms with Crippen LogP contribution < -0.4 is 0 Å². The van der Waals surface area contributed by atoms with E-state index < -0.39 is 6.10 Å². The highest BCUT2D eigenvalue weighted by molar-refractivity contribution is 5.34. The fourth-order valence-corrected chi connectivity index (χ4v) is 2.75. The van der Waals surface area contributed by atoms with Crippen molar-refractivity contribution in [2.75, 3.05) is 13.6 Å². The molecule has 0 spiro atoms. The van der Waals surface area contributed by atoms with E-state index in [0.29, 0.717) is 12.1 Å². The van der Waals surface area contributed by atoms with Crippen molar-refractivity contribution in [3.05, 3.63) is 78.1 Å². The van der Waals surface area contributed by atoms with E-state index in [1.807, 2.05) is 36.2 Å². The first kappa shape index (κ1) is 17.3. The Morgan fingerprint density at radius 2 is 1.92 bits per heavy atom. The zero-order valence-corrected chi connectivity index (χ0v) is 14.2. The predicted molar refractivity (Wildman–Crippen MR) is 93.8 cm³/mol. The number of hydrogen-bond acceptors (Lipinski definition) is 4. The van der Waals surface area contributed by atoms with Gasteiger partial charge in [-0.05, 0) is 49.4 Å². The second kappa shape index (κ2) is 7.55. The summed E-state index contributed by atoms with van der Waals surface area (Å²) in [5, 5.41) is 14.5. The van der Waals surface area contributed by atoms with Crippen LogP contribution in [0.5, 0.6) is 0 Å². The molecule has 0 aliphatic rings. The number of hydrogen-bond donors (Lipinski definition) is 1. The van der Waals surface area contributed by atoms with Crippen LogP contribution in [-0.2, 0) is 0 Å². The van der Waals surface area contributed by atoms with Crippen molar-refractivity contribution < 1.29 is 9.50 Å². The molecule has 0 amide bonds. The lowest BCUT2D eigenvalue weighted by molar-refractivity contribution is 0.108. The highest BCUT2D eigenvalue weighted by Gasteiger charge is 2.17. The molecule has 1 N–H and O–H groups in total. The summed E-state index contributed by atoms with van der Waals surface area (Å²) in [6.45, 7) is 2.48. The van der Waals surface area contributed by atoms with Crippen LogP contribution in [0.25, 0.3) is 5.69 Å². The Balaban J connectivity index is 1.66. The quantitative estimate of drug-likeness (QED) is 0.749. The molecule has 6 heteroatoms. The molecule has 2 atom stereocenters. The van der Waals surface area contributed by atoms with E-state index in [-0.39, 0.29) is 11.9 Å². The minimum atomic E-state index is -0.738. The number of rotatable bonds is 6. The Kier molecular flexibility index (Phi) is 5.21. The van der Waals surface area contributed by atoms with E-state index in [1.54, 1.807) is 23.1 Å². The molecule has 0 bridgehead atoms. The lowest BCUT2D eigenvalue weighted by Gasteiger charge is -2.27. The third-order valence-electron chi connectivity index (χ3n) is 4.41. The molecule has 0 fully saturated rings. The summed E-state index contributed by atoms with van der Waals surface area (Å²) in [6.07, 6.45) is 2.41. The number of aromatic nitrogens is 3. The fraction of sp³-hybridized carbons (Fsp3) is 0.263. The van der Waals surface area contributed by atoms with Crippen LogP contribution in [-0.4, -0.2) is 38.4 Å². The van der Waals surface area contributed by atoms with Crippen LogP contribution in [0.4, 0.5) is 4.39 Å². The van der Waals surface area contributed by atoms with Crippen LogP contribution in [0.15, 0.2) is 61.2 Å². The molecule has 0 aliphatic heterocycles. The highest BCUT2D eigenvalue weighted by Crippen LogP contribution is 2.23. The van der Waals surface area contributed by atoms with Crippen molar-refractivity contribution in [1.29, 1.82) is 0 Å². The molecule has 0 radical (unpaired) electrons. The normalized spacial score (nSPS) is 13.8. The van der Waals surface area contributed by atoms with Gasteiger partial charge in [0.2, 0.25) is 0 Å². The molecule has 3 aromatic rings. The van der Waals surface area contributed by atoms with E-state index in [2.05, 4.69) is 17.0 Å². The molecule has 1 heterocycles. The molecular formula is C19H21FN4O. The second-order valence-electron chi connectivity index (χ2n) is 6.12. The van der Waals surface area contributed by atoms with E-state index in [1.165, 1.54) is 18.5 Å². The first-order valence-electron chi connectivity index (χ1n) is 8.13. The van der Waals surface area contributed by atoms with Crippen LogP contribution in [0.2, 0.25) is 0 Å². The third kappa shape index (κ3) is 4.10. The minimum absolute atomic E-state index is 0.105. The number of aliphatic hydroxyl groups is 1. The molecule has 1 aromatic heterocycles. The SMILES string of the molecule is C[C@@H](c1ccc(-n2cncn2)cc1)N(C)C[C@H](O)c1cccc(F)c1. The molecule has 0 saturated carbocycles. The van der Waals surface area contributed by atoms with Gasteiger partial charge in [-0.15, -0.1) is 0 Å². The van der Waals surface area contributed by atoms with Crippen molar-refractivity contribution in [1.82, 2.24) is 19.7 Å². The largest absolute Gasteiger partial charge is 0.387 e. The maximum atomic E-state index is 13.3. The number of nitrogens with zero attached hydrogens (tertiary/aromatic N) is 4. The number of likely N-dealkylation sites (N-methyl/N-ethyl adjacent to an activating group) is 1. The van der Waals surface area contributed by atoms with E-state index in [0.717, 1.165) is 11.3 Å². The first-order valence-corrected chi connectivity index (χ1v) is 8.13. The molecule has 0 aliphatic carbocycles. The Labute approximate surface area is 146 Å². The average molecular weight is 340 g/mol. The van der Waals surface area contributed by atoms with Crippen molar-refractivity contribution in [3.8, 4) is 5.69 Å². The minimum Gasteiger partial charge on any atom is -0.387 e. The molecule has 25 heavy (non-hydrogen) atoms. The standard InChI is InChI=1S/C19H21FN4O/c1-14(15-6-8-18(9-7-15)24-13-21-12-22-24)23(2)11-19(25)16-4-3-5-17(20)10-16/h3-10,12-14,19,25H,11H2,1-2H3/t14-,19-/m0/s1. The van der Waals surface area contributed by atoms with Gasteiger partial charge in [-0.3, -0.25) is 4.90 Å². The molecule has 2 aromatic carbocycles. The lowest BCUT2D eigenvalue weighted by Crippen LogP contribution is -2.27. The number of benzene rings is 2. The Hall–Kier alpha value is -2.57. The van der Waals surface area contributed by atoms with Crippen LogP contribution in [0.1, 0.15) is 30.2 Å². The van der Waals surface area contributed by atoms with Gasteiger partial charge in [-0.2, -0.15) is 5.10 Å². The van der Waals surface area contributed by atoms with Crippen molar-refractivity contribution in [3.63, 3.8) is 0 Å². The Bertz CT molecular complexity index is 805. The molecule has 5 nitrogen and oxygen atoms in total. The summed E-state index contributed by atoms with van der Waals surface area (Å²) < 4.78 is 15.0. The summed E-state index contributed by atoms with van der Waals surface area (Å²) in [7, 11) is 1.94. The van der Waals surface area contributed by atoms with Crippen molar-refractivity contribution in [2.45, 2.75) is 19.1 Å². The molecule has 0 unspecified atom stereocenters. The summed E-state index contributed by atoms with van der Waals surface area (Å²) in [4.78, 5) is 5.98. The molecule has 3 rings (SSSR count). The predicted octanol–water partition coefficient (Wildman–Crippen LogP) is 3.13. The molecular weight excluding hydrogens is 319 g/mol. The molecule has 130 valence electrons. The monoisotopic (exact) mass is 340 g/mol. The third-order valence-corrected chi connectivity index (χ3v) is 4.41. The molecule has 0 saturated heterocycles. The van der Waals surface area contributed by atoms with Gasteiger partial charge in [-0.25, -0.2) is 14.1 Å². The van der Waals surface area contributed by atoms with E-state index in [9.17, 15) is 9.50 Å². The van der Waals surface area contributed by atoms with Gasteiger partial charge >= 0.3 is 0 Å². The summed E-state index contributed by atoms with van der Waals surface area (Å²) in [5.74, 6) is -0.337. The zero-order valence-electron chi connectivity index (χ0n) is 14.2. The van der Waals surface area contributed by atoms with Crippen LogP contribution in [0, 0.1) is 5.82 Å². The van der Waals surface area contributed by atoms with Gasteiger partial charge in [-0.1, -0.05) is 24.3 Å². The number of aliphatic hydroxyl groups excluding tert-OH is 1. The van der Waals surface area contributed by atoms with Gasteiger partial charge in [0, 0.05) is 12.6 Å². The maximum Gasteiger partial charge on any atom is 0.138 e. The van der Waals surface area contributed by atoms with Gasteiger partial charge in [0.15, 0.2) is 0 Å². The summed E-state index contributed by atoms with van der Waals surface area (Å²) >= 11 is 0. The topological polar surface area (TPSA) is 54.2 Å². The van der Waals surface area contributed by atoms with E-state index in [4.69, 9.17) is 0 Å². The van der Waals surface area contributed by atoms with Crippen molar-refractivity contribution in [2.24, 2.45) is 0 Å². The van der Waals surface area contributed by atoms with E-state index >= 15 is 0 Å². The van der Waals surface area contributed by atoms with Gasteiger partial charge in [0.05, 0.1) is 11.8 Å². The van der Waals surface area contributed by atoms with Crippen LogP contribution in [0.3, 0.4) is 0 Å². The zero-order chi connectivity index (χ0) is 17.8. The maximum absolute atomic E-state index is 13.3. The second-order valence-corrected chi connectivity index (χ2v) is 6.12. The Morgan fingerprint density at radius 3 is 2.56 bits per heavy atom. The summed E-state index contributed by atoms with van der Waals surface area (Å²) in [5.41, 5.74) is 2.65. The lowest BCUT2D eigenvalue weighted by atomic mass is 10.0. The highest BCUT2D eigenvalue weighted by atomic mass is 19.1.